The summed E-state index contributed by atoms with van der Waals surface area (Å²) < 4.78 is 7.15. The molecule has 0 bridgehead atoms. The second kappa shape index (κ2) is 8.41. The van der Waals surface area contributed by atoms with E-state index >= 15 is 0 Å². The number of ether oxygens (including phenoxy) is 1. The third-order valence-electron chi connectivity index (χ3n) is 4.14. The number of carbonyl (C=O) groups is 1. The maximum absolute atomic E-state index is 12.8. The zero-order chi connectivity index (χ0) is 20.4. The molecule has 3 aromatic rings. The maximum atomic E-state index is 12.8. The quantitative estimate of drug-likeness (QED) is 0.585. The fourth-order valence-electron chi connectivity index (χ4n) is 2.69. The zero-order valence-electron chi connectivity index (χ0n) is 15.3. The Labute approximate surface area is 177 Å². The van der Waals surface area contributed by atoms with Crippen molar-refractivity contribution in [2.75, 3.05) is 21.2 Å². The molecule has 6 nitrogen and oxygen atoms in total. The lowest BCUT2D eigenvalue weighted by atomic mass is 10.1. The minimum absolute atomic E-state index is 0.135. The summed E-state index contributed by atoms with van der Waals surface area (Å²) >= 11 is 18.5. The Balaban J connectivity index is 2.31. The van der Waals surface area contributed by atoms with Gasteiger partial charge in [-0.15, -0.1) is 0 Å². The van der Waals surface area contributed by atoms with Crippen LogP contribution in [0.25, 0.3) is 16.9 Å². The summed E-state index contributed by atoms with van der Waals surface area (Å²) in [6.45, 7) is 0. The van der Waals surface area contributed by atoms with E-state index < -0.39 is 0 Å². The third kappa shape index (κ3) is 3.82. The van der Waals surface area contributed by atoms with Crippen LogP contribution < -0.4 is 10.2 Å². The molecule has 0 aliphatic heterocycles. The van der Waals surface area contributed by atoms with Crippen LogP contribution in [0.1, 0.15) is 10.5 Å². The molecule has 146 valence electrons. The molecular formula is C19H17Cl3N4O2. The predicted octanol–water partition coefficient (Wildman–Crippen LogP) is 4.71. The van der Waals surface area contributed by atoms with Gasteiger partial charge < -0.3 is 4.74 Å². The number of amides is 1. The Morgan fingerprint density at radius 3 is 2.32 bits per heavy atom. The summed E-state index contributed by atoms with van der Waals surface area (Å²) in [6.07, 6.45) is 0. The molecule has 0 saturated heterocycles. The molecule has 0 aliphatic rings. The third-order valence-corrected chi connectivity index (χ3v) is 4.93. The summed E-state index contributed by atoms with van der Waals surface area (Å²) in [6, 6.07) is 12.2. The molecule has 1 amide bonds. The van der Waals surface area contributed by atoms with Crippen LogP contribution in [-0.2, 0) is 0 Å². The second-order valence-electron chi connectivity index (χ2n) is 5.83. The van der Waals surface area contributed by atoms with Gasteiger partial charge in [0.05, 0.1) is 17.8 Å². The topological polar surface area (TPSA) is 59.4 Å². The Bertz CT molecular complexity index is 1020. The molecule has 0 spiro atoms. The molecule has 9 heteroatoms. The van der Waals surface area contributed by atoms with E-state index in [4.69, 9.17) is 39.5 Å². The lowest BCUT2D eigenvalue weighted by Crippen LogP contribution is -2.37. The van der Waals surface area contributed by atoms with Gasteiger partial charge in [-0.25, -0.2) is 10.1 Å². The number of methoxy groups -OCH3 is 1. The highest BCUT2D eigenvalue weighted by Gasteiger charge is 2.28. The van der Waals surface area contributed by atoms with Crippen LogP contribution in [0.3, 0.4) is 0 Å². The van der Waals surface area contributed by atoms with Crippen molar-refractivity contribution in [2.24, 2.45) is 0 Å². The van der Waals surface area contributed by atoms with Crippen molar-refractivity contribution in [3.05, 3.63) is 63.2 Å². The summed E-state index contributed by atoms with van der Waals surface area (Å²) in [5.41, 5.74) is 4.78. The average molecular weight is 440 g/mol. The van der Waals surface area contributed by atoms with E-state index in [9.17, 15) is 4.79 Å². The van der Waals surface area contributed by atoms with E-state index in [0.29, 0.717) is 32.2 Å². The Hall–Kier alpha value is -2.25. The van der Waals surface area contributed by atoms with Crippen molar-refractivity contribution < 1.29 is 9.53 Å². The Morgan fingerprint density at radius 2 is 1.75 bits per heavy atom. The molecule has 3 rings (SSSR count). The van der Waals surface area contributed by atoms with Crippen LogP contribution in [0.2, 0.25) is 15.1 Å². The van der Waals surface area contributed by atoms with Gasteiger partial charge in [-0.3, -0.25) is 9.80 Å². The number of rotatable bonds is 5. The molecule has 28 heavy (non-hydrogen) atoms. The number of benzene rings is 2. The second-order valence-corrected chi connectivity index (χ2v) is 7.11. The fraction of sp³-hybridized carbons (Fsp3) is 0.158. The van der Waals surface area contributed by atoms with Crippen molar-refractivity contribution in [3.63, 3.8) is 0 Å². The van der Waals surface area contributed by atoms with Gasteiger partial charge in [0, 0.05) is 29.7 Å². The van der Waals surface area contributed by atoms with E-state index in [1.807, 2.05) is 12.1 Å². The molecule has 1 heterocycles. The van der Waals surface area contributed by atoms with E-state index in [0.717, 1.165) is 5.56 Å². The Kier molecular flexibility index (Phi) is 6.15. The van der Waals surface area contributed by atoms with E-state index in [-0.39, 0.29) is 11.6 Å². The molecule has 0 unspecified atom stereocenters. The smallest absolute Gasteiger partial charge is 0.292 e. The highest BCUT2D eigenvalue weighted by molar-refractivity contribution is 6.35. The lowest BCUT2D eigenvalue weighted by Gasteiger charge is -2.14. The fourth-order valence-corrected chi connectivity index (χ4v) is 3.30. The van der Waals surface area contributed by atoms with Crippen LogP contribution in [-0.4, -0.2) is 41.9 Å². The highest BCUT2D eigenvalue weighted by Crippen LogP contribution is 2.38. The monoisotopic (exact) mass is 438 g/mol. The number of hydrogen-bond acceptors (Lipinski definition) is 4. The minimum Gasteiger partial charge on any atom is -0.492 e. The molecule has 0 atom stereocenters. The normalized spacial score (nSPS) is 10.8. The first-order valence-electron chi connectivity index (χ1n) is 8.21. The molecule has 0 fully saturated rings. The summed E-state index contributed by atoms with van der Waals surface area (Å²) in [7, 11) is 4.72. The number of nitrogens with zero attached hydrogens (tertiary/aromatic N) is 3. The predicted molar refractivity (Wildman–Crippen MR) is 112 cm³/mol. The molecule has 0 saturated carbocycles. The van der Waals surface area contributed by atoms with Crippen molar-refractivity contribution in [2.45, 2.75) is 0 Å². The van der Waals surface area contributed by atoms with Crippen molar-refractivity contribution >= 4 is 40.7 Å². The summed E-state index contributed by atoms with van der Waals surface area (Å²) in [5, 5.41) is 7.28. The molecule has 1 aromatic heterocycles. The first-order chi connectivity index (χ1) is 13.4. The number of nitrogens with one attached hydrogen (secondary N) is 1. The molecular weight excluding hydrogens is 423 g/mol. The van der Waals surface area contributed by atoms with Crippen molar-refractivity contribution in [3.8, 4) is 22.7 Å². The van der Waals surface area contributed by atoms with Crippen LogP contribution >= 0.6 is 34.8 Å². The van der Waals surface area contributed by atoms with Gasteiger partial charge in [-0.05, 0) is 30.3 Å². The van der Waals surface area contributed by atoms with Gasteiger partial charge in [0.15, 0.2) is 11.4 Å². The highest BCUT2D eigenvalue weighted by atomic mass is 35.5. The van der Waals surface area contributed by atoms with Crippen LogP contribution in [0.15, 0.2) is 42.5 Å². The largest absolute Gasteiger partial charge is 0.492 e. The first-order valence-corrected chi connectivity index (χ1v) is 9.34. The Morgan fingerprint density at radius 1 is 1.11 bits per heavy atom. The van der Waals surface area contributed by atoms with Gasteiger partial charge >= 0.3 is 0 Å². The summed E-state index contributed by atoms with van der Waals surface area (Å²) in [5.74, 6) is -0.0427. The van der Waals surface area contributed by atoms with Crippen molar-refractivity contribution in [1.82, 2.24) is 20.2 Å². The van der Waals surface area contributed by atoms with Gasteiger partial charge in [-0.1, -0.05) is 46.9 Å². The molecule has 0 aliphatic carbocycles. The average Bonchev–Trinajstić information content (AvgIpc) is 3.06. The lowest BCUT2D eigenvalue weighted by molar-refractivity contribution is 0.0725. The van der Waals surface area contributed by atoms with Crippen LogP contribution in [0.4, 0.5) is 0 Å². The van der Waals surface area contributed by atoms with Crippen molar-refractivity contribution in [1.29, 1.82) is 0 Å². The van der Waals surface area contributed by atoms with Crippen LogP contribution in [0.5, 0.6) is 5.75 Å². The summed E-state index contributed by atoms with van der Waals surface area (Å²) in [4.78, 5) is 12.8. The number of aromatic nitrogens is 2. The van der Waals surface area contributed by atoms with E-state index in [1.54, 1.807) is 49.1 Å². The molecule has 2 aromatic carbocycles. The number of carbonyl (C=O) groups excluding carboxylic acids is 1. The molecule has 0 radical (unpaired) electrons. The SMILES string of the molecule is CNN(C)C(=O)c1nn(-c2ccc(Cl)cc2Cl)c(-c2ccc(Cl)cc2)c1OC. The van der Waals surface area contributed by atoms with Gasteiger partial charge in [0.2, 0.25) is 0 Å². The molecule has 1 N–H and O–H groups in total. The van der Waals surface area contributed by atoms with Crippen LogP contribution in [0, 0.1) is 0 Å². The van der Waals surface area contributed by atoms with Gasteiger partial charge in [0.25, 0.3) is 5.91 Å². The van der Waals surface area contributed by atoms with E-state index in [1.165, 1.54) is 12.1 Å². The number of hydrogen-bond donors (Lipinski definition) is 1. The number of hydrazine groups is 1. The minimum atomic E-state index is -0.363. The maximum Gasteiger partial charge on any atom is 0.292 e. The van der Waals surface area contributed by atoms with E-state index in [2.05, 4.69) is 10.5 Å². The first kappa shape index (κ1) is 20.5. The van der Waals surface area contributed by atoms with Gasteiger partial charge in [-0.2, -0.15) is 5.10 Å². The number of halogens is 3. The standard InChI is InChI=1S/C19H17Cl3N4O2/c1-23-25(2)19(27)16-18(28-3)17(11-4-6-12(20)7-5-11)26(24-16)15-9-8-13(21)10-14(15)22/h4-10,23H,1-3H3. The van der Waals surface area contributed by atoms with Gasteiger partial charge in [0.1, 0.15) is 5.69 Å². The zero-order valence-corrected chi connectivity index (χ0v) is 17.6.